The number of hydrogen-bond acceptors (Lipinski definition) is 4. The van der Waals surface area contributed by atoms with Crippen molar-refractivity contribution in [1.29, 1.82) is 0 Å². The molecule has 0 N–H and O–H groups in total. The van der Waals surface area contributed by atoms with Gasteiger partial charge in [-0.2, -0.15) is 62.9 Å². The van der Waals surface area contributed by atoms with Crippen LogP contribution >= 0.6 is 0 Å². The van der Waals surface area contributed by atoms with Crippen LogP contribution in [-0.2, 0) is 24.7 Å². The molecule has 2 saturated heterocycles. The van der Waals surface area contributed by atoms with E-state index in [1.165, 1.54) is 0 Å². The van der Waals surface area contributed by atoms with E-state index in [0.717, 1.165) is 61.9 Å². The Balaban J connectivity index is 1.52. The first-order chi connectivity index (χ1) is 24.6. The summed E-state index contributed by atoms with van der Waals surface area (Å²) in [5.41, 5.74) is -9.00. The number of carbonyl (C=O) groups excluding carboxylic acids is 1. The summed E-state index contributed by atoms with van der Waals surface area (Å²) in [5.74, 6) is -1.38. The van der Waals surface area contributed by atoms with Gasteiger partial charge < -0.3 is 9.80 Å². The summed E-state index contributed by atoms with van der Waals surface area (Å²) in [6.45, 7) is 3.03. The zero-order valence-corrected chi connectivity index (χ0v) is 27.9. The third-order valence-electron chi connectivity index (χ3n) is 9.69. The second-order valence-electron chi connectivity index (χ2n) is 13.0. The minimum atomic E-state index is -5.33. The van der Waals surface area contributed by atoms with Gasteiger partial charge in [0.2, 0.25) is 0 Å². The molecule has 2 aliphatic rings. The molecule has 19 heteroatoms. The largest absolute Gasteiger partial charge is 0.435 e. The monoisotopic (exact) mass is 766 g/mol. The first kappa shape index (κ1) is 38.2. The molecule has 1 amide bonds. The van der Waals surface area contributed by atoms with Gasteiger partial charge in [-0.25, -0.2) is 9.36 Å². The van der Waals surface area contributed by atoms with Gasteiger partial charge in [-0.15, -0.1) is 0 Å². The number of hydrogen-bond donors (Lipinski definition) is 0. The Kier molecular flexibility index (Phi) is 9.64. The second-order valence-corrected chi connectivity index (χ2v) is 13.0. The summed E-state index contributed by atoms with van der Waals surface area (Å²) in [6.07, 6.45) is -18.7. The third kappa shape index (κ3) is 7.35. The molecule has 7 nitrogen and oxygen atoms in total. The van der Waals surface area contributed by atoms with E-state index in [4.69, 9.17) is 0 Å². The molecule has 2 aromatic carbocycles. The Morgan fingerprint density at radius 2 is 1.15 bits per heavy atom. The van der Waals surface area contributed by atoms with Gasteiger partial charge in [0.1, 0.15) is 0 Å². The Hall–Kier alpha value is -4.55. The van der Waals surface area contributed by atoms with E-state index in [-0.39, 0.29) is 30.8 Å². The molecule has 53 heavy (non-hydrogen) atoms. The van der Waals surface area contributed by atoms with E-state index < -0.39 is 87.7 Å². The van der Waals surface area contributed by atoms with E-state index in [0.29, 0.717) is 40.7 Å². The molecule has 0 spiro atoms. The van der Waals surface area contributed by atoms with Gasteiger partial charge in [0, 0.05) is 23.8 Å². The van der Waals surface area contributed by atoms with Crippen molar-refractivity contribution in [3.05, 3.63) is 93.6 Å². The van der Waals surface area contributed by atoms with Crippen LogP contribution in [0.15, 0.2) is 48.5 Å². The number of halogens is 12. The van der Waals surface area contributed by atoms with Crippen LogP contribution in [0.2, 0.25) is 0 Å². The minimum Gasteiger partial charge on any atom is -0.331 e. The highest BCUT2D eigenvalue weighted by atomic mass is 19.4. The van der Waals surface area contributed by atoms with E-state index in [1.807, 2.05) is 4.90 Å². The molecule has 0 aliphatic carbocycles. The molecular weight excluding hydrogens is 736 g/mol. The number of amides is 1. The molecule has 2 atom stereocenters. The van der Waals surface area contributed by atoms with Gasteiger partial charge in [-0.05, 0) is 89.0 Å². The first-order valence-corrected chi connectivity index (χ1v) is 16.3. The highest BCUT2D eigenvalue weighted by Crippen LogP contribution is 2.45. The maximum Gasteiger partial charge on any atom is 0.435 e. The molecule has 4 heterocycles. The molecule has 2 aromatic heterocycles. The smallest absolute Gasteiger partial charge is 0.331 e. The quantitative estimate of drug-likeness (QED) is 0.190. The fourth-order valence-corrected chi connectivity index (χ4v) is 7.26. The molecule has 6 rings (SSSR count). The maximum absolute atomic E-state index is 14.8. The molecule has 0 saturated carbocycles. The molecule has 0 bridgehead atoms. The summed E-state index contributed by atoms with van der Waals surface area (Å²) in [7, 11) is 0. The van der Waals surface area contributed by atoms with Gasteiger partial charge >= 0.3 is 24.7 Å². The third-order valence-corrected chi connectivity index (χ3v) is 9.69. The molecule has 4 aromatic rings. The molecular formula is C34H30F12N6O. The number of likely N-dealkylation sites (tertiary alicyclic amines) is 2. The summed E-state index contributed by atoms with van der Waals surface area (Å²) >= 11 is 0. The van der Waals surface area contributed by atoms with Crippen LogP contribution in [0.25, 0.3) is 11.4 Å². The number of nitrogens with zero attached hydrogens (tertiary/aromatic N) is 6. The van der Waals surface area contributed by atoms with Crippen LogP contribution in [0.5, 0.6) is 0 Å². The Morgan fingerprint density at radius 3 is 1.64 bits per heavy atom. The zero-order valence-electron chi connectivity index (χ0n) is 27.9. The number of benzene rings is 2. The van der Waals surface area contributed by atoms with Gasteiger partial charge in [0.15, 0.2) is 11.4 Å². The number of rotatable bonds is 5. The fourth-order valence-electron chi connectivity index (χ4n) is 7.26. The van der Waals surface area contributed by atoms with Crippen molar-refractivity contribution in [3.8, 4) is 11.4 Å². The minimum absolute atomic E-state index is 0.159. The van der Waals surface area contributed by atoms with Crippen molar-refractivity contribution in [3.63, 3.8) is 0 Å². The first-order valence-electron chi connectivity index (χ1n) is 16.3. The van der Waals surface area contributed by atoms with Crippen LogP contribution in [0.3, 0.4) is 0 Å². The Bertz CT molecular complexity index is 2000. The number of alkyl halides is 12. The molecule has 2 fully saturated rings. The highest BCUT2D eigenvalue weighted by Gasteiger charge is 2.48. The summed E-state index contributed by atoms with van der Waals surface area (Å²) < 4.78 is 171. The van der Waals surface area contributed by atoms with Crippen molar-refractivity contribution < 1.29 is 57.5 Å². The topological polar surface area (TPSA) is 59.2 Å². The van der Waals surface area contributed by atoms with E-state index in [1.54, 1.807) is 0 Å². The Morgan fingerprint density at radius 1 is 0.660 bits per heavy atom. The average Bonchev–Trinajstić information content (AvgIpc) is 3.81. The van der Waals surface area contributed by atoms with Crippen molar-refractivity contribution in [2.24, 2.45) is 0 Å². The zero-order chi connectivity index (χ0) is 38.8. The van der Waals surface area contributed by atoms with Crippen molar-refractivity contribution in [2.45, 2.75) is 76.3 Å². The van der Waals surface area contributed by atoms with Gasteiger partial charge in [0.25, 0.3) is 5.91 Å². The number of carbonyl (C=O) groups is 1. The van der Waals surface area contributed by atoms with E-state index in [9.17, 15) is 57.5 Å². The van der Waals surface area contributed by atoms with Crippen LogP contribution in [0, 0.1) is 13.8 Å². The van der Waals surface area contributed by atoms with Gasteiger partial charge in [0.05, 0.1) is 39.8 Å². The van der Waals surface area contributed by atoms with Crippen LogP contribution < -0.4 is 0 Å². The normalized spacial score (nSPS) is 19.3. The standard InChI is InChI=1S/C34H30F12N6O/c1-18-26(28(33(41,42)43)47-51(18)23-9-5-7-20(15-23)31(35,36)37)25-17-22(49-12-3-4-13-49)11-14-50(25)30(53)27-19(2)52(48-29(27)34(44,45)46)24-10-6-8-21(16-24)32(38,39)40/h5-10,15-16,22,25H,3-4,11-14,17H2,1-2H3. The van der Waals surface area contributed by atoms with Gasteiger partial charge in [-0.3, -0.25) is 4.79 Å². The second kappa shape index (κ2) is 13.4. The molecule has 2 unspecified atom stereocenters. The highest BCUT2D eigenvalue weighted by molar-refractivity contribution is 5.97. The lowest BCUT2D eigenvalue weighted by Crippen LogP contribution is -2.48. The number of piperidine rings is 1. The summed E-state index contributed by atoms with van der Waals surface area (Å²) in [6, 6.07) is 4.64. The molecule has 2 aliphatic heterocycles. The lowest BCUT2D eigenvalue weighted by molar-refractivity contribution is -0.143. The lowest BCUT2D eigenvalue weighted by Gasteiger charge is -2.43. The maximum atomic E-state index is 14.8. The van der Waals surface area contributed by atoms with Crippen molar-refractivity contribution in [1.82, 2.24) is 29.4 Å². The van der Waals surface area contributed by atoms with E-state index >= 15 is 0 Å². The number of aromatic nitrogens is 4. The molecule has 286 valence electrons. The van der Waals surface area contributed by atoms with Crippen LogP contribution in [0.4, 0.5) is 52.7 Å². The summed E-state index contributed by atoms with van der Waals surface area (Å²) in [4.78, 5) is 17.3. The predicted octanol–water partition coefficient (Wildman–Crippen LogP) is 9.19. The van der Waals surface area contributed by atoms with Gasteiger partial charge in [-0.1, -0.05) is 12.1 Å². The van der Waals surface area contributed by atoms with Crippen molar-refractivity contribution in [2.75, 3.05) is 19.6 Å². The van der Waals surface area contributed by atoms with E-state index in [2.05, 4.69) is 10.2 Å². The fraction of sp³-hybridized carbons (Fsp3) is 0.441. The van der Waals surface area contributed by atoms with Crippen molar-refractivity contribution >= 4 is 5.91 Å². The van der Waals surface area contributed by atoms with Crippen LogP contribution in [0.1, 0.15) is 81.5 Å². The lowest BCUT2D eigenvalue weighted by atomic mass is 9.88. The SMILES string of the molecule is Cc1c(C(=O)N2CCC(N3CCCC3)CC2c2c(C(F)(F)F)nn(-c3cccc(C(F)(F)F)c3)c2C)c(C(F)(F)F)nn1-c1cccc(C(F)(F)F)c1. The average molecular weight is 767 g/mol. The van der Waals surface area contributed by atoms with Crippen LogP contribution in [-0.4, -0.2) is 60.9 Å². The molecule has 0 radical (unpaired) electrons. The predicted molar refractivity (Wildman–Crippen MR) is 164 cm³/mol. The Labute approximate surface area is 293 Å². The summed E-state index contributed by atoms with van der Waals surface area (Å²) in [5, 5.41) is 7.16.